The lowest BCUT2D eigenvalue weighted by Crippen LogP contribution is -2.14. The van der Waals surface area contributed by atoms with Gasteiger partial charge in [0.1, 0.15) is 0 Å². The molecule has 4 heteroatoms. The summed E-state index contributed by atoms with van der Waals surface area (Å²) in [6.45, 7) is 6.08. The van der Waals surface area contributed by atoms with Crippen molar-refractivity contribution >= 4 is 17.0 Å². The largest absolute Gasteiger partial charge is 0.424 e. The van der Waals surface area contributed by atoms with Crippen LogP contribution in [0.2, 0.25) is 0 Å². The second kappa shape index (κ2) is 5.87. The van der Waals surface area contributed by atoms with Crippen LogP contribution in [0.5, 0.6) is 0 Å². The number of ether oxygens (including phenoxy) is 2. The topological polar surface area (TPSA) is 35.5 Å². The van der Waals surface area contributed by atoms with E-state index in [2.05, 4.69) is 10.8 Å². The summed E-state index contributed by atoms with van der Waals surface area (Å²) >= 11 is 5.07. The van der Waals surface area contributed by atoms with E-state index in [0.29, 0.717) is 6.61 Å². The van der Waals surface area contributed by atoms with Gasteiger partial charge in [0.2, 0.25) is 6.29 Å². The predicted molar refractivity (Wildman–Crippen MR) is 62.5 cm³/mol. The van der Waals surface area contributed by atoms with Gasteiger partial charge in [-0.15, -0.1) is 0 Å². The van der Waals surface area contributed by atoms with Gasteiger partial charge in [-0.25, -0.2) is 4.79 Å². The van der Waals surface area contributed by atoms with E-state index in [-0.39, 0.29) is 0 Å². The van der Waals surface area contributed by atoms with Gasteiger partial charge in [0.25, 0.3) is 0 Å². The van der Waals surface area contributed by atoms with E-state index < -0.39 is 11.7 Å². The molecule has 1 unspecified atom stereocenters. The van der Waals surface area contributed by atoms with Crippen LogP contribution in [0.1, 0.15) is 23.6 Å². The molecule has 0 aliphatic carbocycles. The molecular weight excluding hydrogens is 228 g/mol. The number of rotatable bonds is 4. The molecule has 0 saturated heterocycles. The van der Waals surface area contributed by atoms with Crippen LogP contribution >= 0.6 is 11.6 Å². The molecule has 0 aromatic heterocycles. The van der Waals surface area contributed by atoms with Crippen LogP contribution in [0.3, 0.4) is 0 Å². The molecule has 88 valence electrons. The monoisotopic (exact) mass is 242 g/mol. The Hall–Kier alpha value is -1.06. The molecule has 0 heterocycles. The summed E-state index contributed by atoms with van der Waals surface area (Å²) in [5.74, 6) is 0. The molecule has 0 spiro atoms. The van der Waals surface area contributed by atoms with Crippen molar-refractivity contribution in [3.05, 3.63) is 34.9 Å². The van der Waals surface area contributed by atoms with E-state index in [0.717, 1.165) is 11.1 Å². The van der Waals surface area contributed by atoms with Crippen molar-refractivity contribution in [2.45, 2.75) is 33.7 Å². The highest BCUT2D eigenvalue weighted by atomic mass is 35.5. The predicted octanol–water partition coefficient (Wildman–Crippen LogP) is 3.54. The fraction of sp³-hybridized carbons (Fsp3) is 0.417. The van der Waals surface area contributed by atoms with Gasteiger partial charge in [0.05, 0.1) is 6.61 Å². The molecule has 0 radical (unpaired) electrons. The van der Waals surface area contributed by atoms with Crippen LogP contribution in [0.15, 0.2) is 18.2 Å². The van der Waals surface area contributed by atoms with Crippen molar-refractivity contribution in [2.24, 2.45) is 0 Å². The van der Waals surface area contributed by atoms with Gasteiger partial charge in [-0.3, -0.25) is 0 Å². The van der Waals surface area contributed by atoms with Gasteiger partial charge in [-0.1, -0.05) is 23.8 Å². The number of halogens is 1. The van der Waals surface area contributed by atoms with E-state index in [1.54, 1.807) is 6.92 Å². The normalized spacial score (nSPS) is 12.2. The third kappa shape index (κ3) is 4.21. The molecule has 1 aromatic rings. The summed E-state index contributed by atoms with van der Waals surface area (Å²) in [5, 5.41) is 0. The van der Waals surface area contributed by atoms with Crippen molar-refractivity contribution in [3.8, 4) is 0 Å². The second-order valence-corrected chi connectivity index (χ2v) is 3.97. The lowest BCUT2D eigenvalue weighted by molar-refractivity contribution is -0.0926. The Bertz CT molecular complexity index is 377. The van der Waals surface area contributed by atoms with Crippen LogP contribution in [0, 0.1) is 13.8 Å². The zero-order valence-corrected chi connectivity index (χ0v) is 10.4. The first-order valence-corrected chi connectivity index (χ1v) is 5.40. The van der Waals surface area contributed by atoms with Gasteiger partial charge in [0, 0.05) is 11.6 Å². The summed E-state index contributed by atoms with van der Waals surface area (Å²) in [6.07, 6.45) is -0.634. The highest BCUT2D eigenvalue weighted by Gasteiger charge is 2.07. The summed E-state index contributed by atoms with van der Waals surface area (Å²) in [7, 11) is 0. The average molecular weight is 243 g/mol. The van der Waals surface area contributed by atoms with E-state index in [4.69, 9.17) is 16.3 Å². The lowest BCUT2D eigenvalue weighted by atomic mass is 10.1. The van der Waals surface area contributed by atoms with Crippen molar-refractivity contribution < 1.29 is 14.3 Å². The van der Waals surface area contributed by atoms with Crippen LogP contribution < -0.4 is 0 Å². The SMILES string of the molecule is Cc1ccc(COC(C)OC(=O)Cl)c(C)c1. The van der Waals surface area contributed by atoms with E-state index in [1.165, 1.54) is 5.56 Å². The van der Waals surface area contributed by atoms with Gasteiger partial charge in [-0.05, 0) is 31.9 Å². The smallest absolute Gasteiger partial charge is 0.406 e. The van der Waals surface area contributed by atoms with Crippen LogP contribution in [0.4, 0.5) is 4.79 Å². The molecule has 0 aliphatic heterocycles. The molecule has 0 aliphatic rings. The Morgan fingerprint density at radius 1 is 1.44 bits per heavy atom. The number of carbonyl (C=O) groups excluding carboxylic acids is 1. The maximum atomic E-state index is 10.4. The number of aryl methyl sites for hydroxylation is 2. The minimum Gasteiger partial charge on any atom is -0.424 e. The van der Waals surface area contributed by atoms with Crippen molar-refractivity contribution in [2.75, 3.05) is 0 Å². The molecular formula is C12H15ClO3. The molecule has 0 bridgehead atoms. The molecule has 0 fully saturated rings. The molecule has 0 saturated carbocycles. The van der Waals surface area contributed by atoms with Crippen molar-refractivity contribution in [1.29, 1.82) is 0 Å². The third-order valence-corrected chi connectivity index (χ3v) is 2.32. The Balaban J connectivity index is 2.51. The summed E-state index contributed by atoms with van der Waals surface area (Å²) < 4.78 is 9.97. The molecule has 1 atom stereocenters. The zero-order valence-electron chi connectivity index (χ0n) is 9.62. The van der Waals surface area contributed by atoms with E-state index in [1.807, 2.05) is 26.0 Å². The summed E-state index contributed by atoms with van der Waals surface area (Å²) in [5.41, 5.74) is 2.59. The van der Waals surface area contributed by atoms with Crippen molar-refractivity contribution in [3.63, 3.8) is 0 Å². The van der Waals surface area contributed by atoms with Crippen LogP contribution in [0.25, 0.3) is 0 Å². The quantitative estimate of drug-likeness (QED) is 0.598. The van der Waals surface area contributed by atoms with Crippen molar-refractivity contribution in [1.82, 2.24) is 0 Å². The van der Waals surface area contributed by atoms with E-state index >= 15 is 0 Å². The van der Waals surface area contributed by atoms with Gasteiger partial charge >= 0.3 is 5.43 Å². The molecule has 0 amide bonds. The molecule has 1 rings (SSSR count). The summed E-state index contributed by atoms with van der Waals surface area (Å²) in [4.78, 5) is 10.4. The first kappa shape index (κ1) is 13.0. The van der Waals surface area contributed by atoms with Crippen LogP contribution in [-0.4, -0.2) is 11.7 Å². The number of carbonyl (C=O) groups is 1. The third-order valence-electron chi connectivity index (χ3n) is 2.23. The minimum atomic E-state index is -0.854. The Morgan fingerprint density at radius 3 is 2.69 bits per heavy atom. The number of hydrogen-bond acceptors (Lipinski definition) is 3. The average Bonchev–Trinajstić information content (AvgIpc) is 2.15. The Labute approximate surface area is 100 Å². The zero-order chi connectivity index (χ0) is 12.1. The van der Waals surface area contributed by atoms with Gasteiger partial charge in [0.15, 0.2) is 0 Å². The van der Waals surface area contributed by atoms with Crippen LogP contribution in [-0.2, 0) is 16.1 Å². The number of benzene rings is 1. The Kier molecular flexibility index (Phi) is 4.77. The standard InChI is InChI=1S/C12H15ClO3/c1-8-4-5-11(9(2)6-8)7-15-10(3)16-12(13)14/h4-6,10H,7H2,1-3H3. The van der Waals surface area contributed by atoms with E-state index in [9.17, 15) is 4.79 Å². The molecule has 16 heavy (non-hydrogen) atoms. The maximum Gasteiger partial charge on any atom is 0.406 e. The first-order valence-electron chi connectivity index (χ1n) is 5.03. The maximum absolute atomic E-state index is 10.4. The lowest BCUT2D eigenvalue weighted by Gasteiger charge is -2.13. The molecule has 0 N–H and O–H groups in total. The van der Waals surface area contributed by atoms with Gasteiger partial charge in [-0.2, -0.15) is 0 Å². The molecule has 1 aromatic carbocycles. The number of hydrogen-bond donors (Lipinski definition) is 0. The second-order valence-electron chi connectivity index (χ2n) is 3.66. The Morgan fingerprint density at radius 2 is 2.12 bits per heavy atom. The highest BCUT2D eigenvalue weighted by molar-refractivity contribution is 6.61. The minimum absolute atomic E-state index is 0.400. The fourth-order valence-electron chi connectivity index (χ4n) is 1.38. The fourth-order valence-corrected chi connectivity index (χ4v) is 1.50. The highest BCUT2D eigenvalue weighted by Crippen LogP contribution is 2.13. The molecule has 3 nitrogen and oxygen atoms in total. The first-order chi connectivity index (χ1) is 7.49. The summed E-state index contributed by atoms with van der Waals surface area (Å²) in [6, 6.07) is 6.10. The van der Waals surface area contributed by atoms with Gasteiger partial charge < -0.3 is 9.47 Å².